The van der Waals surface area contributed by atoms with Crippen molar-refractivity contribution in [3.05, 3.63) is 16.1 Å². The molecule has 1 heterocycles. The normalized spacial score (nSPS) is 11.6. The number of aryl methyl sites for hydroxylation is 1. The van der Waals surface area contributed by atoms with Crippen LogP contribution in [0.5, 0.6) is 0 Å². The van der Waals surface area contributed by atoms with Gasteiger partial charge in [0.05, 0.1) is 30.3 Å². The van der Waals surface area contributed by atoms with Gasteiger partial charge >= 0.3 is 11.9 Å². The molecule has 0 fully saturated rings. The van der Waals surface area contributed by atoms with Crippen molar-refractivity contribution in [2.24, 2.45) is 0 Å². The smallest absolute Gasteiger partial charge is 0.328 e. The minimum atomic E-state index is -0.869. The fourth-order valence-electron chi connectivity index (χ4n) is 1.89. The molecule has 0 aromatic carbocycles. The molecular weight excluding hydrogens is 320 g/mol. The van der Waals surface area contributed by atoms with Gasteiger partial charge in [0.1, 0.15) is 6.04 Å². The van der Waals surface area contributed by atoms with Crippen molar-refractivity contribution >= 4 is 29.2 Å². The highest BCUT2D eigenvalue weighted by molar-refractivity contribution is 7.09. The lowest BCUT2D eigenvalue weighted by atomic mass is 10.1. The number of hydrogen-bond acceptors (Lipinski definition) is 7. The van der Waals surface area contributed by atoms with Crippen LogP contribution >= 0.6 is 11.3 Å². The third-order valence-electron chi connectivity index (χ3n) is 2.86. The van der Waals surface area contributed by atoms with E-state index >= 15 is 0 Å². The van der Waals surface area contributed by atoms with Crippen LogP contribution in [0.4, 0.5) is 0 Å². The van der Waals surface area contributed by atoms with E-state index in [1.54, 1.807) is 19.2 Å². The monoisotopic (exact) mass is 342 g/mol. The molecule has 0 radical (unpaired) electrons. The summed E-state index contributed by atoms with van der Waals surface area (Å²) in [5.74, 6) is -1.30. The lowest BCUT2D eigenvalue weighted by molar-refractivity contribution is -0.148. The minimum absolute atomic E-state index is 0.0351. The van der Waals surface area contributed by atoms with Gasteiger partial charge in [-0.3, -0.25) is 9.59 Å². The summed E-state index contributed by atoms with van der Waals surface area (Å²) in [7, 11) is 0. The third kappa shape index (κ3) is 7.23. The molecule has 1 amide bonds. The number of nitrogens with zero attached hydrogens (tertiary/aromatic N) is 1. The van der Waals surface area contributed by atoms with Crippen molar-refractivity contribution in [1.82, 2.24) is 10.3 Å². The topological polar surface area (TPSA) is 94.6 Å². The first-order chi connectivity index (χ1) is 11.0. The van der Waals surface area contributed by atoms with E-state index in [2.05, 4.69) is 10.3 Å². The molecule has 1 aromatic heterocycles. The lowest BCUT2D eigenvalue weighted by Crippen LogP contribution is -2.43. The van der Waals surface area contributed by atoms with E-state index in [4.69, 9.17) is 9.47 Å². The molecule has 1 aromatic rings. The van der Waals surface area contributed by atoms with Crippen molar-refractivity contribution in [2.45, 2.75) is 46.1 Å². The third-order valence-corrected chi connectivity index (χ3v) is 3.68. The van der Waals surface area contributed by atoms with E-state index in [9.17, 15) is 14.4 Å². The summed E-state index contributed by atoms with van der Waals surface area (Å²) in [6, 6.07) is -0.869. The van der Waals surface area contributed by atoms with Crippen LogP contribution in [0, 0.1) is 6.92 Å². The predicted molar refractivity (Wildman–Crippen MR) is 85.0 cm³/mol. The molecular formula is C15H22N2O5S. The quantitative estimate of drug-likeness (QED) is 0.682. The molecule has 0 spiro atoms. The lowest BCUT2D eigenvalue weighted by Gasteiger charge is -2.16. The van der Waals surface area contributed by atoms with Gasteiger partial charge < -0.3 is 14.8 Å². The molecule has 0 bridgehead atoms. The number of ether oxygens (including phenoxy) is 2. The zero-order valence-corrected chi connectivity index (χ0v) is 14.4. The number of aromatic nitrogens is 1. The number of thiazole rings is 1. The van der Waals surface area contributed by atoms with Crippen LogP contribution in [-0.4, -0.2) is 42.1 Å². The van der Waals surface area contributed by atoms with Crippen LogP contribution in [0.25, 0.3) is 0 Å². The van der Waals surface area contributed by atoms with Gasteiger partial charge in [0.2, 0.25) is 5.91 Å². The summed E-state index contributed by atoms with van der Waals surface area (Å²) < 4.78 is 9.76. The first kappa shape index (κ1) is 19.1. The van der Waals surface area contributed by atoms with Crippen LogP contribution < -0.4 is 5.32 Å². The average molecular weight is 342 g/mol. The van der Waals surface area contributed by atoms with Crippen LogP contribution in [-0.2, 0) is 30.3 Å². The molecule has 1 atom stereocenters. The van der Waals surface area contributed by atoms with Crippen molar-refractivity contribution in [2.75, 3.05) is 13.2 Å². The second kappa shape index (κ2) is 9.94. The van der Waals surface area contributed by atoms with Crippen molar-refractivity contribution < 1.29 is 23.9 Å². The largest absolute Gasteiger partial charge is 0.466 e. The SMILES string of the molecule is CCOC(=O)CCC(NC(=O)Cc1csc(C)n1)C(=O)OCC. The Morgan fingerprint density at radius 3 is 2.52 bits per heavy atom. The maximum Gasteiger partial charge on any atom is 0.328 e. The van der Waals surface area contributed by atoms with E-state index in [0.29, 0.717) is 5.69 Å². The maximum atomic E-state index is 12.0. The van der Waals surface area contributed by atoms with Crippen molar-refractivity contribution in [3.8, 4) is 0 Å². The summed E-state index contributed by atoms with van der Waals surface area (Å²) in [6.07, 6.45) is 0.257. The van der Waals surface area contributed by atoms with Gasteiger partial charge in [-0.15, -0.1) is 11.3 Å². The van der Waals surface area contributed by atoms with E-state index in [1.165, 1.54) is 11.3 Å². The summed E-state index contributed by atoms with van der Waals surface area (Å²) in [5.41, 5.74) is 0.651. The molecule has 0 aliphatic heterocycles. The Morgan fingerprint density at radius 2 is 1.96 bits per heavy atom. The molecule has 23 heavy (non-hydrogen) atoms. The van der Waals surface area contributed by atoms with Crippen molar-refractivity contribution in [3.63, 3.8) is 0 Å². The van der Waals surface area contributed by atoms with Crippen LogP contribution in [0.1, 0.15) is 37.4 Å². The van der Waals surface area contributed by atoms with Gasteiger partial charge in [0.15, 0.2) is 0 Å². The Labute approximate surface area is 139 Å². The molecule has 1 unspecified atom stereocenters. The highest BCUT2D eigenvalue weighted by Crippen LogP contribution is 2.09. The molecule has 0 aliphatic carbocycles. The Bertz CT molecular complexity index is 544. The maximum absolute atomic E-state index is 12.0. The molecule has 1 N–H and O–H groups in total. The first-order valence-electron chi connectivity index (χ1n) is 7.48. The number of esters is 2. The summed E-state index contributed by atoms with van der Waals surface area (Å²) in [4.78, 5) is 39.6. The standard InChI is InChI=1S/C15H22N2O5S/c1-4-21-14(19)7-6-12(15(20)22-5-2)17-13(18)8-11-9-23-10(3)16-11/h9,12H,4-8H2,1-3H3,(H,17,18). The fourth-order valence-corrected chi connectivity index (χ4v) is 2.50. The second-order valence-corrected chi connectivity index (χ2v) is 5.81. The number of nitrogens with one attached hydrogen (secondary N) is 1. The highest BCUT2D eigenvalue weighted by atomic mass is 32.1. The first-order valence-corrected chi connectivity index (χ1v) is 8.36. The Balaban J connectivity index is 2.58. The second-order valence-electron chi connectivity index (χ2n) is 4.75. The van der Waals surface area contributed by atoms with Crippen LogP contribution in [0.15, 0.2) is 5.38 Å². The fraction of sp³-hybridized carbons (Fsp3) is 0.600. The number of rotatable bonds is 9. The van der Waals surface area contributed by atoms with E-state index in [1.807, 2.05) is 6.92 Å². The van der Waals surface area contributed by atoms with Crippen LogP contribution in [0.2, 0.25) is 0 Å². The molecule has 128 valence electrons. The van der Waals surface area contributed by atoms with Gasteiger partial charge in [-0.1, -0.05) is 0 Å². The summed E-state index contributed by atoms with van der Waals surface area (Å²) in [5, 5.41) is 5.27. The molecule has 1 rings (SSSR count). The van der Waals surface area contributed by atoms with E-state index in [-0.39, 0.29) is 38.4 Å². The average Bonchev–Trinajstić information content (AvgIpc) is 2.89. The minimum Gasteiger partial charge on any atom is -0.466 e. The summed E-state index contributed by atoms with van der Waals surface area (Å²) in [6.45, 7) is 5.72. The Hall–Kier alpha value is -1.96. The van der Waals surface area contributed by atoms with Gasteiger partial charge in [-0.25, -0.2) is 9.78 Å². The zero-order valence-electron chi connectivity index (χ0n) is 13.6. The molecule has 7 nitrogen and oxygen atoms in total. The number of carbonyl (C=O) groups is 3. The Morgan fingerprint density at radius 1 is 1.26 bits per heavy atom. The zero-order chi connectivity index (χ0) is 17.2. The molecule has 8 heteroatoms. The van der Waals surface area contributed by atoms with Crippen LogP contribution in [0.3, 0.4) is 0 Å². The van der Waals surface area contributed by atoms with Gasteiger partial charge in [-0.05, 0) is 27.2 Å². The van der Waals surface area contributed by atoms with E-state index < -0.39 is 18.0 Å². The van der Waals surface area contributed by atoms with Gasteiger partial charge in [-0.2, -0.15) is 0 Å². The number of amides is 1. The number of carbonyl (C=O) groups excluding carboxylic acids is 3. The number of hydrogen-bond donors (Lipinski definition) is 1. The van der Waals surface area contributed by atoms with Gasteiger partial charge in [0, 0.05) is 11.8 Å². The molecule has 0 saturated heterocycles. The van der Waals surface area contributed by atoms with Gasteiger partial charge in [0.25, 0.3) is 0 Å². The predicted octanol–water partition coefficient (Wildman–Crippen LogP) is 1.39. The molecule has 0 saturated carbocycles. The highest BCUT2D eigenvalue weighted by Gasteiger charge is 2.23. The summed E-state index contributed by atoms with van der Waals surface area (Å²) >= 11 is 1.46. The Kier molecular flexibility index (Phi) is 8.25. The van der Waals surface area contributed by atoms with Crippen molar-refractivity contribution in [1.29, 1.82) is 0 Å². The molecule has 0 aliphatic rings. The van der Waals surface area contributed by atoms with E-state index in [0.717, 1.165) is 5.01 Å².